The van der Waals surface area contributed by atoms with Crippen molar-refractivity contribution >= 4 is 29.0 Å². The molecule has 0 aliphatic carbocycles. The molecule has 2 aromatic heterocycles. The van der Waals surface area contributed by atoms with Crippen LogP contribution >= 0.6 is 23.1 Å². The van der Waals surface area contributed by atoms with Gasteiger partial charge in [0.2, 0.25) is 0 Å². The Morgan fingerprint density at radius 2 is 2.00 bits per heavy atom. The summed E-state index contributed by atoms with van der Waals surface area (Å²) < 4.78 is 38.1. The largest absolute Gasteiger partial charge is 0.471 e. The molecule has 1 amide bonds. The Hall–Kier alpha value is -1.54. The van der Waals surface area contributed by atoms with Crippen molar-refractivity contribution in [2.24, 2.45) is 0 Å². The number of aromatic nitrogens is 1. The van der Waals surface area contributed by atoms with Crippen LogP contribution in [0.25, 0.3) is 0 Å². The number of thioether (sulfide) groups is 1. The van der Waals surface area contributed by atoms with Gasteiger partial charge in [-0.05, 0) is 35.8 Å². The van der Waals surface area contributed by atoms with Gasteiger partial charge in [0, 0.05) is 28.7 Å². The molecule has 0 bridgehead atoms. The van der Waals surface area contributed by atoms with E-state index in [0.29, 0.717) is 12.2 Å². The van der Waals surface area contributed by atoms with Crippen LogP contribution in [0.5, 0.6) is 0 Å². The van der Waals surface area contributed by atoms with Crippen LogP contribution in [0.3, 0.4) is 0 Å². The third-order valence-electron chi connectivity index (χ3n) is 2.95. The van der Waals surface area contributed by atoms with Crippen LogP contribution in [0.15, 0.2) is 46.9 Å². The molecule has 8 heteroatoms. The summed E-state index contributed by atoms with van der Waals surface area (Å²) in [7, 11) is 0. The number of hydrogen-bond acceptors (Lipinski definition) is 4. The minimum absolute atomic E-state index is 0.00403. The summed E-state index contributed by atoms with van der Waals surface area (Å²) in [5, 5.41) is 1.78. The number of amides is 1. The van der Waals surface area contributed by atoms with Crippen LogP contribution in [-0.2, 0) is 11.3 Å². The number of alkyl halides is 3. The Balaban J connectivity index is 1.88. The molecular weight excluding hydrogens is 345 g/mol. The summed E-state index contributed by atoms with van der Waals surface area (Å²) in [6.45, 7) is 0.0737. The number of nitrogens with zero attached hydrogens (tertiary/aromatic N) is 2. The van der Waals surface area contributed by atoms with Gasteiger partial charge in [0.25, 0.3) is 0 Å². The number of carbonyl (C=O) groups excluding carboxylic acids is 1. The Morgan fingerprint density at radius 1 is 1.26 bits per heavy atom. The Bertz CT molecular complexity index is 603. The first-order valence-electron chi connectivity index (χ1n) is 6.88. The summed E-state index contributed by atoms with van der Waals surface area (Å²) in [4.78, 5) is 18.1. The lowest BCUT2D eigenvalue weighted by atomic mass is 10.3. The molecule has 0 fully saturated rings. The molecule has 23 heavy (non-hydrogen) atoms. The predicted molar refractivity (Wildman–Crippen MR) is 85.4 cm³/mol. The van der Waals surface area contributed by atoms with Crippen molar-refractivity contribution in [2.75, 3.05) is 12.3 Å². The zero-order valence-electron chi connectivity index (χ0n) is 12.1. The second-order valence-electron chi connectivity index (χ2n) is 4.69. The highest BCUT2D eigenvalue weighted by molar-refractivity contribution is 7.99. The number of pyridine rings is 1. The van der Waals surface area contributed by atoms with Crippen LogP contribution in [-0.4, -0.2) is 34.3 Å². The minimum atomic E-state index is -4.84. The molecule has 0 saturated carbocycles. The van der Waals surface area contributed by atoms with Crippen LogP contribution in [0, 0.1) is 0 Å². The molecular formula is C15H15F3N2OS2. The Kier molecular flexibility index (Phi) is 6.47. The number of hydrogen-bond donors (Lipinski definition) is 0. The van der Waals surface area contributed by atoms with Gasteiger partial charge in [-0.1, -0.05) is 6.07 Å². The van der Waals surface area contributed by atoms with E-state index >= 15 is 0 Å². The van der Waals surface area contributed by atoms with Gasteiger partial charge < -0.3 is 4.90 Å². The summed E-state index contributed by atoms with van der Waals surface area (Å²) in [6.07, 6.45) is -1.02. The maximum absolute atomic E-state index is 12.7. The number of thiophene rings is 1. The van der Waals surface area contributed by atoms with Crippen LogP contribution < -0.4 is 0 Å². The SMILES string of the molecule is O=C(N(CCCSc1ccncc1)Cc1cccs1)C(F)(F)F. The topological polar surface area (TPSA) is 33.2 Å². The van der Waals surface area contributed by atoms with Crippen molar-refractivity contribution in [3.8, 4) is 0 Å². The highest BCUT2D eigenvalue weighted by Crippen LogP contribution is 2.23. The highest BCUT2D eigenvalue weighted by Gasteiger charge is 2.42. The number of rotatable bonds is 7. The molecule has 2 heterocycles. The molecule has 0 unspecified atom stereocenters. The first kappa shape index (κ1) is 17.8. The van der Waals surface area contributed by atoms with E-state index in [1.807, 2.05) is 12.1 Å². The smallest absolute Gasteiger partial charge is 0.330 e. The fraction of sp³-hybridized carbons (Fsp3) is 0.333. The Labute approximate surface area is 140 Å². The van der Waals surface area contributed by atoms with E-state index in [0.717, 1.165) is 14.7 Å². The van der Waals surface area contributed by atoms with Crippen LogP contribution in [0.4, 0.5) is 13.2 Å². The average molecular weight is 360 g/mol. The van der Waals surface area contributed by atoms with E-state index < -0.39 is 12.1 Å². The molecule has 0 radical (unpaired) electrons. The summed E-state index contributed by atoms with van der Waals surface area (Å²) in [5.41, 5.74) is 0. The lowest BCUT2D eigenvalue weighted by Crippen LogP contribution is -2.41. The standard InChI is InChI=1S/C15H15F3N2OS2/c16-15(17,18)14(21)20(11-13-3-1-9-23-13)8-2-10-22-12-4-6-19-7-5-12/h1,3-7,9H,2,8,10-11H2. The van der Waals surface area contributed by atoms with Crippen molar-refractivity contribution < 1.29 is 18.0 Å². The molecule has 0 aliphatic rings. The van der Waals surface area contributed by atoms with Crippen molar-refractivity contribution in [1.29, 1.82) is 0 Å². The van der Waals surface area contributed by atoms with Crippen LogP contribution in [0.1, 0.15) is 11.3 Å². The van der Waals surface area contributed by atoms with Crippen molar-refractivity contribution in [1.82, 2.24) is 9.88 Å². The van der Waals surface area contributed by atoms with E-state index in [2.05, 4.69) is 4.98 Å². The van der Waals surface area contributed by atoms with Gasteiger partial charge in [-0.25, -0.2) is 0 Å². The molecule has 2 aromatic rings. The molecule has 0 saturated heterocycles. The van der Waals surface area contributed by atoms with Crippen molar-refractivity contribution in [3.05, 3.63) is 46.9 Å². The zero-order chi connectivity index (χ0) is 16.7. The van der Waals surface area contributed by atoms with Gasteiger partial charge in [0.1, 0.15) is 0 Å². The fourth-order valence-corrected chi connectivity index (χ4v) is 3.44. The zero-order valence-corrected chi connectivity index (χ0v) is 13.8. The van der Waals surface area contributed by atoms with Crippen molar-refractivity contribution in [3.63, 3.8) is 0 Å². The molecule has 2 rings (SSSR count). The first-order valence-corrected chi connectivity index (χ1v) is 8.74. The normalized spacial score (nSPS) is 11.4. The lowest BCUT2D eigenvalue weighted by molar-refractivity contribution is -0.186. The van der Waals surface area contributed by atoms with Gasteiger partial charge in [-0.2, -0.15) is 13.2 Å². The lowest BCUT2D eigenvalue weighted by Gasteiger charge is -2.23. The molecule has 0 atom stereocenters. The summed E-state index contributed by atoms with van der Waals surface area (Å²) in [6, 6.07) is 7.17. The van der Waals surface area contributed by atoms with E-state index in [4.69, 9.17) is 0 Å². The monoisotopic (exact) mass is 360 g/mol. The molecule has 0 aromatic carbocycles. The third kappa shape index (κ3) is 5.87. The average Bonchev–Trinajstić information content (AvgIpc) is 3.03. The maximum Gasteiger partial charge on any atom is 0.471 e. The summed E-state index contributed by atoms with van der Waals surface area (Å²) >= 11 is 2.87. The third-order valence-corrected chi connectivity index (χ3v) is 4.91. The maximum atomic E-state index is 12.7. The quantitative estimate of drug-likeness (QED) is 0.548. The predicted octanol–water partition coefficient (Wildman–Crippen LogP) is 4.22. The Morgan fingerprint density at radius 3 is 2.61 bits per heavy atom. The summed E-state index contributed by atoms with van der Waals surface area (Å²) in [5.74, 6) is -1.14. The van der Waals surface area contributed by atoms with Gasteiger partial charge in [-0.3, -0.25) is 9.78 Å². The molecule has 0 N–H and O–H groups in total. The molecule has 124 valence electrons. The van der Waals surface area contributed by atoms with Gasteiger partial charge in [0.05, 0.1) is 6.54 Å². The van der Waals surface area contributed by atoms with Gasteiger partial charge in [0.15, 0.2) is 0 Å². The second-order valence-corrected chi connectivity index (χ2v) is 6.89. The van der Waals surface area contributed by atoms with E-state index in [9.17, 15) is 18.0 Å². The second kappa shape index (κ2) is 8.35. The van der Waals surface area contributed by atoms with E-state index in [-0.39, 0.29) is 13.1 Å². The fourth-order valence-electron chi connectivity index (χ4n) is 1.90. The molecule has 0 aliphatic heterocycles. The minimum Gasteiger partial charge on any atom is -0.330 e. The molecule has 3 nitrogen and oxygen atoms in total. The molecule has 0 spiro atoms. The van der Waals surface area contributed by atoms with Gasteiger partial charge >= 0.3 is 12.1 Å². The number of carbonyl (C=O) groups is 1. The van der Waals surface area contributed by atoms with Gasteiger partial charge in [-0.15, -0.1) is 23.1 Å². The highest BCUT2D eigenvalue weighted by atomic mass is 32.2. The van der Waals surface area contributed by atoms with Crippen molar-refractivity contribution in [2.45, 2.75) is 24.0 Å². The first-order chi connectivity index (χ1) is 11.0. The van der Waals surface area contributed by atoms with E-state index in [1.54, 1.807) is 29.9 Å². The van der Waals surface area contributed by atoms with Crippen LogP contribution in [0.2, 0.25) is 0 Å². The number of halogens is 3. The van der Waals surface area contributed by atoms with E-state index in [1.165, 1.54) is 23.1 Å².